The average Bonchev–Trinajstić information content (AvgIpc) is 2.73. The van der Waals surface area contributed by atoms with Crippen molar-refractivity contribution in [2.45, 2.75) is 25.0 Å². The summed E-state index contributed by atoms with van der Waals surface area (Å²) in [4.78, 5) is 0. The number of rotatable bonds is 10. The average molecular weight is 394 g/mol. The molecular weight excluding hydrogens is 365 g/mol. The van der Waals surface area contributed by atoms with E-state index in [4.69, 9.17) is 0 Å². The summed E-state index contributed by atoms with van der Waals surface area (Å²) < 4.78 is 13.3. The van der Waals surface area contributed by atoms with Gasteiger partial charge in [-0.3, -0.25) is 0 Å². The monoisotopic (exact) mass is 393 g/mol. The normalized spacial score (nSPS) is 12.1. The lowest BCUT2D eigenvalue weighted by molar-refractivity contribution is 0.627. The van der Waals surface area contributed by atoms with Gasteiger partial charge in [0.05, 0.1) is 5.25 Å². The van der Waals surface area contributed by atoms with E-state index in [1.54, 1.807) is 12.1 Å². The highest BCUT2D eigenvalue weighted by atomic mass is 32.2. The van der Waals surface area contributed by atoms with Crippen LogP contribution in [0.4, 0.5) is 4.39 Å². The summed E-state index contributed by atoms with van der Waals surface area (Å²) in [5, 5.41) is 3.78. The zero-order valence-electron chi connectivity index (χ0n) is 16.4. The molecule has 0 aliphatic carbocycles. The van der Waals surface area contributed by atoms with Crippen LogP contribution in [0.5, 0.6) is 0 Å². The fraction of sp³-hybridized carbons (Fsp3) is 0.280. The third kappa shape index (κ3) is 6.50. The topological polar surface area (TPSA) is 12.0 Å². The molecule has 0 saturated carbocycles. The molecule has 0 spiro atoms. The summed E-state index contributed by atoms with van der Waals surface area (Å²) in [7, 11) is 0. The molecule has 1 atom stereocenters. The quantitative estimate of drug-likeness (QED) is 0.413. The van der Waals surface area contributed by atoms with Crippen molar-refractivity contribution in [1.29, 1.82) is 0 Å². The Morgan fingerprint density at radius 2 is 1.46 bits per heavy atom. The summed E-state index contributed by atoms with van der Waals surface area (Å²) in [5.41, 5.74) is 5.08. The Morgan fingerprint density at radius 3 is 2.14 bits per heavy atom. The Bertz CT molecular complexity index is 770. The first-order chi connectivity index (χ1) is 13.7. The highest BCUT2D eigenvalue weighted by Gasteiger charge is 2.14. The van der Waals surface area contributed by atoms with Gasteiger partial charge < -0.3 is 5.32 Å². The molecule has 3 heteroatoms. The molecule has 0 heterocycles. The summed E-state index contributed by atoms with van der Waals surface area (Å²) in [6.45, 7) is 4.10. The van der Waals surface area contributed by atoms with Crippen LogP contribution < -0.4 is 5.32 Å². The number of hydrogen-bond donors (Lipinski definition) is 1. The fourth-order valence-corrected chi connectivity index (χ4v) is 4.40. The van der Waals surface area contributed by atoms with E-state index < -0.39 is 0 Å². The first-order valence-corrected chi connectivity index (χ1v) is 11.0. The van der Waals surface area contributed by atoms with Crippen LogP contribution in [0.25, 0.3) is 0 Å². The predicted molar refractivity (Wildman–Crippen MR) is 120 cm³/mol. The van der Waals surface area contributed by atoms with Gasteiger partial charge in [0.15, 0.2) is 0 Å². The smallest absolute Gasteiger partial charge is 0.123 e. The van der Waals surface area contributed by atoms with E-state index in [0.717, 1.165) is 37.2 Å². The SMILES string of the molecule is Cc1ccc(C(SCCNCCCc2ccccc2)c2ccc(F)cc2)cc1. The number of benzene rings is 3. The molecule has 1 N–H and O–H groups in total. The van der Waals surface area contributed by atoms with Crippen molar-refractivity contribution in [1.82, 2.24) is 5.32 Å². The van der Waals surface area contributed by atoms with E-state index in [1.807, 2.05) is 23.9 Å². The lowest BCUT2D eigenvalue weighted by Gasteiger charge is -2.18. The van der Waals surface area contributed by atoms with Gasteiger partial charge in [-0.25, -0.2) is 4.39 Å². The van der Waals surface area contributed by atoms with Gasteiger partial charge in [-0.2, -0.15) is 0 Å². The van der Waals surface area contributed by atoms with E-state index in [2.05, 4.69) is 66.8 Å². The van der Waals surface area contributed by atoms with Crippen LogP contribution in [-0.4, -0.2) is 18.8 Å². The van der Waals surface area contributed by atoms with Gasteiger partial charge in [0.2, 0.25) is 0 Å². The summed E-state index contributed by atoms with van der Waals surface area (Å²) in [6, 6.07) is 26.2. The zero-order chi connectivity index (χ0) is 19.6. The lowest BCUT2D eigenvalue weighted by atomic mass is 10.0. The third-order valence-corrected chi connectivity index (χ3v) is 6.10. The Labute approximate surface area is 172 Å². The van der Waals surface area contributed by atoms with E-state index >= 15 is 0 Å². The van der Waals surface area contributed by atoms with Gasteiger partial charge in [0.1, 0.15) is 5.82 Å². The first-order valence-electron chi connectivity index (χ1n) is 9.90. The van der Waals surface area contributed by atoms with E-state index in [-0.39, 0.29) is 11.1 Å². The minimum Gasteiger partial charge on any atom is -0.316 e. The van der Waals surface area contributed by atoms with Gasteiger partial charge in [0, 0.05) is 12.3 Å². The van der Waals surface area contributed by atoms with E-state index in [1.165, 1.54) is 16.7 Å². The maximum Gasteiger partial charge on any atom is 0.123 e. The first kappa shape index (κ1) is 20.6. The molecule has 0 bridgehead atoms. The number of nitrogens with one attached hydrogen (secondary N) is 1. The third-order valence-electron chi connectivity index (χ3n) is 4.78. The van der Waals surface area contributed by atoms with Crippen molar-refractivity contribution in [3.8, 4) is 0 Å². The Morgan fingerprint density at radius 1 is 0.821 bits per heavy atom. The molecule has 3 rings (SSSR count). The molecule has 0 fully saturated rings. The fourth-order valence-electron chi connectivity index (χ4n) is 3.20. The van der Waals surface area contributed by atoms with Crippen LogP contribution in [0.2, 0.25) is 0 Å². The number of aryl methyl sites for hydroxylation is 2. The standard InChI is InChI=1S/C25H28FNS/c1-20-9-11-22(12-10-20)25(23-13-15-24(26)16-14-23)28-19-18-27-17-5-8-21-6-3-2-4-7-21/h2-4,6-7,9-16,25,27H,5,8,17-19H2,1H3. The minimum absolute atomic E-state index is 0.184. The molecular formula is C25H28FNS. The number of thioether (sulfide) groups is 1. The van der Waals surface area contributed by atoms with Gasteiger partial charge in [-0.05, 0) is 55.1 Å². The summed E-state index contributed by atoms with van der Waals surface area (Å²) >= 11 is 1.91. The van der Waals surface area contributed by atoms with Crippen molar-refractivity contribution in [2.24, 2.45) is 0 Å². The molecule has 0 amide bonds. The second-order valence-corrected chi connectivity index (χ2v) is 8.27. The Kier molecular flexibility index (Phi) is 8.13. The molecule has 0 saturated heterocycles. The molecule has 3 aromatic rings. The van der Waals surface area contributed by atoms with Gasteiger partial charge in [-0.15, -0.1) is 11.8 Å². The lowest BCUT2D eigenvalue weighted by Crippen LogP contribution is -2.19. The molecule has 146 valence electrons. The van der Waals surface area contributed by atoms with Gasteiger partial charge in [0.25, 0.3) is 0 Å². The van der Waals surface area contributed by atoms with Crippen molar-refractivity contribution in [3.05, 3.63) is 107 Å². The Balaban J connectivity index is 1.48. The van der Waals surface area contributed by atoms with Crippen LogP contribution in [0.1, 0.15) is 33.9 Å². The summed E-state index contributed by atoms with van der Waals surface area (Å²) in [6.07, 6.45) is 2.26. The molecule has 0 aliphatic heterocycles. The maximum absolute atomic E-state index is 13.3. The van der Waals surface area contributed by atoms with Crippen molar-refractivity contribution in [2.75, 3.05) is 18.8 Å². The Hall–Kier alpha value is -2.10. The largest absolute Gasteiger partial charge is 0.316 e. The molecule has 28 heavy (non-hydrogen) atoms. The molecule has 0 aliphatic rings. The van der Waals surface area contributed by atoms with Crippen LogP contribution in [0.3, 0.4) is 0 Å². The van der Waals surface area contributed by atoms with E-state index in [0.29, 0.717) is 0 Å². The van der Waals surface area contributed by atoms with Crippen molar-refractivity contribution >= 4 is 11.8 Å². The van der Waals surface area contributed by atoms with Crippen molar-refractivity contribution < 1.29 is 4.39 Å². The van der Waals surface area contributed by atoms with Crippen LogP contribution in [0.15, 0.2) is 78.9 Å². The predicted octanol–water partition coefficient (Wildman–Crippen LogP) is 6.18. The molecule has 0 aromatic heterocycles. The van der Waals surface area contributed by atoms with Crippen molar-refractivity contribution in [3.63, 3.8) is 0 Å². The zero-order valence-corrected chi connectivity index (χ0v) is 17.2. The maximum atomic E-state index is 13.3. The van der Waals surface area contributed by atoms with Crippen LogP contribution >= 0.6 is 11.8 Å². The van der Waals surface area contributed by atoms with Gasteiger partial charge >= 0.3 is 0 Å². The number of halogens is 1. The number of hydrogen-bond acceptors (Lipinski definition) is 2. The molecule has 1 nitrogen and oxygen atoms in total. The molecule has 3 aromatic carbocycles. The van der Waals surface area contributed by atoms with Crippen LogP contribution in [0, 0.1) is 12.7 Å². The molecule has 0 radical (unpaired) electrons. The minimum atomic E-state index is -0.184. The second kappa shape index (κ2) is 11.0. The molecule has 1 unspecified atom stereocenters. The van der Waals surface area contributed by atoms with Gasteiger partial charge in [-0.1, -0.05) is 72.3 Å². The highest BCUT2D eigenvalue weighted by Crippen LogP contribution is 2.35. The van der Waals surface area contributed by atoms with Crippen LogP contribution in [-0.2, 0) is 6.42 Å². The van der Waals surface area contributed by atoms with E-state index in [9.17, 15) is 4.39 Å². The second-order valence-electron chi connectivity index (χ2n) is 7.05. The summed E-state index contributed by atoms with van der Waals surface area (Å²) in [5.74, 6) is 0.831. The highest BCUT2D eigenvalue weighted by molar-refractivity contribution is 7.99.